The minimum Gasteiger partial charge on any atom is -0.349 e. The van der Waals surface area contributed by atoms with Gasteiger partial charge >= 0.3 is 6.18 Å². The minimum atomic E-state index is -4.62. The Kier molecular flexibility index (Phi) is 5.22. The molecule has 0 radical (unpaired) electrons. The van der Waals surface area contributed by atoms with E-state index in [0.29, 0.717) is 5.56 Å². The molecule has 0 amide bonds. The van der Waals surface area contributed by atoms with E-state index >= 15 is 0 Å². The third-order valence-electron chi connectivity index (χ3n) is 3.71. The third kappa shape index (κ3) is 3.84. The zero-order chi connectivity index (χ0) is 19.0. The summed E-state index contributed by atoms with van der Waals surface area (Å²) in [6, 6.07) is 6.95. The summed E-state index contributed by atoms with van der Waals surface area (Å²) in [5.74, 6) is -3.52. The van der Waals surface area contributed by atoms with E-state index in [1.165, 1.54) is 38.4 Å². The number of nitriles is 1. The number of sulfonamides is 1. The number of halogens is 3. The predicted molar refractivity (Wildman–Crippen MR) is 89.7 cm³/mol. The number of allylic oxidation sites excluding steroid dienone is 1. The van der Waals surface area contributed by atoms with Gasteiger partial charge in [0.2, 0.25) is 10.0 Å². The Balaban J connectivity index is 2.43. The highest BCUT2D eigenvalue weighted by Crippen LogP contribution is 2.38. The van der Waals surface area contributed by atoms with Crippen molar-refractivity contribution in [1.82, 2.24) is 9.62 Å². The number of alkyl halides is 3. The van der Waals surface area contributed by atoms with Gasteiger partial charge in [-0.3, -0.25) is 0 Å². The molecule has 1 N–H and O–H groups in total. The number of hydrogen-bond acceptors (Lipinski definition) is 4. The van der Waals surface area contributed by atoms with Gasteiger partial charge < -0.3 is 5.32 Å². The molecule has 1 aromatic rings. The third-order valence-corrected chi connectivity index (χ3v) is 5.89. The summed E-state index contributed by atoms with van der Waals surface area (Å²) in [5, 5.41) is 11.6. The lowest BCUT2D eigenvalue weighted by Crippen LogP contribution is -2.42. The number of benzene rings is 1. The number of thiocarbonyl (C=S) groups is 1. The van der Waals surface area contributed by atoms with Crippen LogP contribution in [0.15, 0.2) is 35.2 Å². The second-order valence-electron chi connectivity index (χ2n) is 5.56. The van der Waals surface area contributed by atoms with Gasteiger partial charge in [-0.05, 0) is 23.8 Å². The standard InChI is InChI=1S/C15H14F3N3O2S2/c1-21(2)25(22,23)10-5-3-9(4-6-10)13-7-12(15(16,17)18)11(8-19)14(24)20-13/h3-7,11-12H,1-2H3,(H,20,24). The first-order chi connectivity index (χ1) is 11.5. The van der Waals surface area contributed by atoms with Gasteiger partial charge in [0.1, 0.15) is 5.92 Å². The van der Waals surface area contributed by atoms with Gasteiger partial charge in [0, 0.05) is 19.8 Å². The van der Waals surface area contributed by atoms with Crippen LogP contribution in [0.2, 0.25) is 0 Å². The van der Waals surface area contributed by atoms with E-state index in [9.17, 15) is 21.6 Å². The monoisotopic (exact) mass is 389 g/mol. The Hall–Kier alpha value is -1.96. The first kappa shape index (κ1) is 19.4. The zero-order valence-electron chi connectivity index (χ0n) is 13.2. The molecule has 134 valence electrons. The molecule has 0 aromatic heterocycles. The highest BCUT2D eigenvalue weighted by molar-refractivity contribution is 7.89. The Morgan fingerprint density at radius 3 is 2.24 bits per heavy atom. The van der Waals surface area contributed by atoms with Crippen LogP contribution in [0.1, 0.15) is 5.56 Å². The van der Waals surface area contributed by atoms with E-state index in [4.69, 9.17) is 17.5 Å². The lowest BCUT2D eigenvalue weighted by atomic mass is 9.87. The molecule has 0 saturated carbocycles. The van der Waals surface area contributed by atoms with Gasteiger partial charge in [-0.2, -0.15) is 18.4 Å². The van der Waals surface area contributed by atoms with Crippen LogP contribution in [-0.2, 0) is 10.0 Å². The second-order valence-corrected chi connectivity index (χ2v) is 8.15. The number of nitrogens with one attached hydrogen (secondary N) is 1. The van der Waals surface area contributed by atoms with Crippen LogP contribution >= 0.6 is 12.2 Å². The topological polar surface area (TPSA) is 73.2 Å². The van der Waals surface area contributed by atoms with Gasteiger partial charge in [-0.15, -0.1) is 0 Å². The maximum Gasteiger partial charge on any atom is 0.396 e. The van der Waals surface area contributed by atoms with Gasteiger partial charge in [0.25, 0.3) is 0 Å². The molecule has 0 saturated heterocycles. The molecule has 5 nitrogen and oxygen atoms in total. The van der Waals surface area contributed by atoms with E-state index in [0.717, 1.165) is 10.4 Å². The fourth-order valence-electron chi connectivity index (χ4n) is 2.30. The fourth-order valence-corrected chi connectivity index (χ4v) is 3.51. The molecule has 0 fully saturated rings. The number of hydrogen-bond donors (Lipinski definition) is 1. The molecule has 1 heterocycles. The van der Waals surface area contributed by atoms with E-state index in [2.05, 4.69) is 5.32 Å². The molecule has 1 aliphatic heterocycles. The van der Waals surface area contributed by atoms with Crippen LogP contribution in [0.4, 0.5) is 13.2 Å². The first-order valence-corrected chi connectivity index (χ1v) is 8.85. The first-order valence-electron chi connectivity index (χ1n) is 7.00. The molecule has 0 bridgehead atoms. The maximum absolute atomic E-state index is 13.2. The second kappa shape index (κ2) is 6.74. The molecule has 2 rings (SSSR count). The van der Waals surface area contributed by atoms with Crippen LogP contribution in [0, 0.1) is 23.2 Å². The predicted octanol–water partition coefficient (Wildman–Crippen LogP) is 2.53. The average Bonchev–Trinajstić information content (AvgIpc) is 2.53. The van der Waals surface area contributed by atoms with Crippen molar-refractivity contribution in [3.8, 4) is 6.07 Å². The SMILES string of the molecule is CN(C)S(=O)(=O)c1ccc(C2=CC(C(F)(F)F)C(C#N)C(=S)N2)cc1. The molecule has 2 atom stereocenters. The Morgan fingerprint density at radius 2 is 1.80 bits per heavy atom. The summed E-state index contributed by atoms with van der Waals surface area (Å²) < 4.78 is 64.6. The van der Waals surface area contributed by atoms with Crippen LogP contribution in [0.5, 0.6) is 0 Å². The van der Waals surface area contributed by atoms with Gasteiger partial charge in [0.15, 0.2) is 0 Å². The Bertz CT molecular complexity index is 853. The van der Waals surface area contributed by atoms with Crippen molar-refractivity contribution < 1.29 is 21.6 Å². The van der Waals surface area contributed by atoms with E-state index in [1.54, 1.807) is 6.07 Å². The summed E-state index contributed by atoms with van der Waals surface area (Å²) in [6.45, 7) is 0. The lowest BCUT2D eigenvalue weighted by molar-refractivity contribution is -0.165. The van der Waals surface area contributed by atoms with Crippen molar-refractivity contribution in [2.75, 3.05) is 14.1 Å². The van der Waals surface area contributed by atoms with Crippen molar-refractivity contribution in [3.63, 3.8) is 0 Å². The van der Waals surface area contributed by atoms with Crippen LogP contribution in [-0.4, -0.2) is 38.0 Å². The van der Waals surface area contributed by atoms with Crippen molar-refractivity contribution >= 4 is 32.9 Å². The summed E-state index contributed by atoms with van der Waals surface area (Å²) in [7, 11) is -0.882. The van der Waals surface area contributed by atoms with Gasteiger partial charge in [0.05, 0.1) is 21.9 Å². The molecule has 1 aromatic carbocycles. The number of nitrogens with zero attached hydrogens (tertiary/aromatic N) is 2. The van der Waals surface area contributed by atoms with Gasteiger partial charge in [-0.1, -0.05) is 24.4 Å². The molecular weight excluding hydrogens is 375 g/mol. The molecular formula is C15H14F3N3O2S2. The molecule has 0 aliphatic carbocycles. The summed E-state index contributed by atoms with van der Waals surface area (Å²) in [4.78, 5) is -0.199. The largest absolute Gasteiger partial charge is 0.396 e. The quantitative estimate of drug-likeness (QED) is 0.805. The number of rotatable bonds is 3. The van der Waals surface area contributed by atoms with E-state index in [1.807, 2.05) is 0 Å². The maximum atomic E-state index is 13.2. The summed E-state index contributed by atoms with van der Waals surface area (Å²) >= 11 is 4.89. The molecule has 10 heteroatoms. The smallest absolute Gasteiger partial charge is 0.349 e. The highest BCUT2D eigenvalue weighted by atomic mass is 32.2. The van der Waals surface area contributed by atoms with Crippen molar-refractivity contribution in [1.29, 1.82) is 5.26 Å². The molecule has 2 unspecified atom stereocenters. The van der Waals surface area contributed by atoms with Crippen LogP contribution in [0.3, 0.4) is 0 Å². The zero-order valence-corrected chi connectivity index (χ0v) is 14.8. The van der Waals surface area contributed by atoms with Crippen molar-refractivity contribution in [2.45, 2.75) is 11.1 Å². The average molecular weight is 389 g/mol. The minimum absolute atomic E-state index is 0.0162. The highest BCUT2D eigenvalue weighted by Gasteiger charge is 2.47. The van der Waals surface area contributed by atoms with Crippen LogP contribution < -0.4 is 5.32 Å². The lowest BCUT2D eigenvalue weighted by Gasteiger charge is -2.29. The van der Waals surface area contributed by atoms with Crippen LogP contribution in [0.25, 0.3) is 5.70 Å². The fraction of sp³-hybridized carbons (Fsp3) is 0.333. The normalized spacial score (nSPS) is 21.5. The summed E-state index contributed by atoms with van der Waals surface area (Å²) in [6.07, 6.45) is -3.72. The Labute approximate surface area is 148 Å². The van der Waals surface area contributed by atoms with E-state index in [-0.39, 0.29) is 15.6 Å². The molecule has 1 aliphatic rings. The Morgan fingerprint density at radius 1 is 1.24 bits per heavy atom. The van der Waals surface area contributed by atoms with E-state index < -0.39 is 28.0 Å². The van der Waals surface area contributed by atoms with Crippen molar-refractivity contribution in [3.05, 3.63) is 35.9 Å². The molecule has 25 heavy (non-hydrogen) atoms. The van der Waals surface area contributed by atoms with Crippen molar-refractivity contribution in [2.24, 2.45) is 11.8 Å². The summed E-state index contributed by atoms with van der Waals surface area (Å²) in [5.41, 5.74) is 0.429. The van der Waals surface area contributed by atoms with Gasteiger partial charge in [-0.25, -0.2) is 12.7 Å². The molecule has 0 spiro atoms.